The van der Waals surface area contributed by atoms with Crippen LogP contribution < -0.4 is 5.32 Å². The molecule has 0 amide bonds. The van der Waals surface area contributed by atoms with Crippen LogP contribution >= 0.6 is 0 Å². The van der Waals surface area contributed by atoms with E-state index in [4.69, 9.17) is 4.74 Å². The molecule has 0 aromatic heterocycles. The minimum atomic E-state index is -3.47. The summed E-state index contributed by atoms with van der Waals surface area (Å²) in [6, 6.07) is 0.00368. The Morgan fingerprint density at radius 3 is 2.73 bits per heavy atom. The van der Waals surface area contributed by atoms with Crippen molar-refractivity contribution >= 4 is 16.0 Å². The van der Waals surface area contributed by atoms with E-state index in [1.54, 1.807) is 4.31 Å². The molecule has 128 valence electrons. The highest BCUT2D eigenvalue weighted by molar-refractivity contribution is 7.89. The Bertz CT molecular complexity index is 478. The van der Waals surface area contributed by atoms with Crippen molar-refractivity contribution in [2.24, 2.45) is 5.92 Å². The summed E-state index contributed by atoms with van der Waals surface area (Å²) in [7, 11) is -2.13. The zero-order chi connectivity index (χ0) is 16.2. The van der Waals surface area contributed by atoms with E-state index in [0.717, 1.165) is 25.7 Å². The van der Waals surface area contributed by atoms with Gasteiger partial charge in [-0.05, 0) is 19.3 Å². The van der Waals surface area contributed by atoms with Gasteiger partial charge in [0.05, 0.1) is 18.3 Å². The summed E-state index contributed by atoms with van der Waals surface area (Å²) in [6.45, 7) is 3.94. The molecule has 2 aliphatic rings. The van der Waals surface area contributed by atoms with Gasteiger partial charge in [-0.3, -0.25) is 4.79 Å². The van der Waals surface area contributed by atoms with Crippen LogP contribution in [-0.2, 0) is 19.6 Å². The second-order valence-corrected chi connectivity index (χ2v) is 8.36. The minimum absolute atomic E-state index is 0.00368. The molecule has 7 heteroatoms. The lowest BCUT2D eigenvalue weighted by atomic mass is 9.89. The monoisotopic (exact) mass is 332 g/mol. The maximum atomic E-state index is 13.1. The van der Waals surface area contributed by atoms with Gasteiger partial charge < -0.3 is 10.1 Å². The fraction of sp³-hybridized carbons (Fsp3) is 0.933. The molecular formula is C15H28N2O4S. The Kier molecular flexibility index (Phi) is 6.23. The Hall–Kier alpha value is -0.660. The number of piperazine rings is 1. The standard InChI is InChI=1S/C15H28N2O4S/c1-3-6-12-11-16-9-10-17(12)22(19,20)14-8-5-4-7-13(14)15(18)21-2/h12-14,16H,3-11H2,1-2H3. The normalized spacial score (nSPS) is 30.9. The van der Waals surface area contributed by atoms with Crippen molar-refractivity contribution in [1.82, 2.24) is 9.62 Å². The summed E-state index contributed by atoms with van der Waals surface area (Å²) in [5.74, 6) is -0.892. The molecule has 1 saturated carbocycles. The topological polar surface area (TPSA) is 75.7 Å². The quantitative estimate of drug-likeness (QED) is 0.764. The van der Waals surface area contributed by atoms with Crippen LogP contribution in [0.2, 0.25) is 0 Å². The molecule has 1 N–H and O–H groups in total. The number of carbonyl (C=O) groups is 1. The lowest BCUT2D eigenvalue weighted by Gasteiger charge is -2.40. The van der Waals surface area contributed by atoms with Crippen molar-refractivity contribution in [3.8, 4) is 0 Å². The second kappa shape index (κ2) is 7.75. The molecule has 1 heterocycles. The Morgan fingerprint density at radius 1 is 1.32 bits per heavy atom. The van der Waals surface area contributed by atoms with Gasteiger partial charge in [0.1, 0.15) is 0 Å². The van der Waals surface area contributed by atoms with Crippen molar-refractivity contribution in [3.05, 3.63) is 0 Å². The molecule has 0 spiro atoms. The molecule has 0 aromatic carbocycles. The lowest BCUT2D eigenvalue weighted by molar-refractivity contribution is -0.146. The predicted octanol–water partition coefficient (Wildman–Crippen LogP) is 1.12. The van der Waals surface area contributed by atoms with Crippen LogP contribution in [-0.4, -0.2) is 56.7 Å². The number of carbonyl (C=O) groups excluding carboxylic acids is 1. The van der Waals surface area contributed by atoms with Gasteiger partial charge in [0.2, 0.25) is 10.0 Å². The molecular weight excluding hydrogens is 304 g/mol. The molecule has 3 atom stereocenters. The Balaban J connectivity index is 2.23. The van der Waals surface area contributed by atoms with E-state index in [-0.39, 0.29) is 12.0 Å². The fourth-order valence-corrected chi connectivity index (χ4v) is 6.12. The minimum Gasteiger partial charge on any atom is -0.469 e. The van der Waals surface area contributed by atoms with Gasteiger partial charge in [-0.25, -0.2) is 8.42 Å². The summed E-state index contributed by atoms with van der Waals surface area (Å²) in [4.78, 5) is 12.0. The average Bonchev–Trinajstić information content (AvgIpc) is 2.55. The van der Waals surface area contributed by atoms with E-state index < -0.39 is 21.2 Å². The van der Waals surface area contributed by atoms with Crippen LogP contribution in [0, 0.1) is 5.92 Å². The summed E-state index contributed by atoms with van der Waals surface area (Å²) >= 11 is 0. The van der Waals surface area contributed by atoms with Crippen molar-refractivity contribution < 1.29 is 17.9 Å². The van der Waals surface area contributed by atoms with Gasteiger partial charge in [-0.2, -0.15) is 4.31 Å². The van der Waals surface area contributed by atoms with Crippen LogP contribution in [0.15, 0.2) is 0 Å². The van der Waals surface area contributed by atoms with Crippen molar-refractivity contribution in [2.75, 3.05) is 26.7 Å². The average molecular weight is 332 g/mol. The predicted molar refractivity (Wildman–Crippen MR) is 85.0 cm³/mol. The van der Waals surface area contributed by atoms with E-state index in [1.807, 2.05) is 0 Å². The van der Waals surface area contributed by atoms with Gasteiger partial charge >= 0.3 is 5.97 Å². The van der Waals surface area contributed by atoms with Crippen LogP contribution in [0.3, 0.4) is 0 Å². The van der Waals surface area contributed by atoms with Crippen molar-refractivity contribution in [1.29, 1.82) is 0 Å². The molecule has 6 nitrogen and oxygen atoms in total. The van der Waals surface area contributed by atoms with Gasteiger partial charge in [0, 0.05) is 25.7 Å². The molecule has 2 rings (SSSR count). The molecule has 3 unspecified atom stereocenters. The maximum Gasteiger partial charge on any atom is 0.310 e. The fourth-order valence-electron chi connectivity index (χ4n) is 3.70. The van der Waals surface area contributed by atoms with E-state index in [0.29, 0.717) is 32.5 Å². The third-order valence-corrected chi connectivity index (χ3v) is 7.30. The van der Waals surface area contributed by atoms with Crippen LogP contribution in [0.4, 0.5) is 0 Å². The Labute approximate surface area is 133 Å². The van der Waals surface area contributed by atoms with Gasteiger partial charge in [0.25, 0.3) is 0 Å². The molecule has 22 heavy (non-hydrogen) atoms. The summed E-state index contributed by atoms with van der Waals surface area (Å²) in [6.07, 6.45) is 4.73. The summed E-state index contributed by atoms with van der Waals surface area (Å²) in [5.41, 5.74) is 0. The van der Waals surface area contributed by atoms with Crippen LogP contribution in [0.5, 0.6) is 0 Å². The number of methoxy groups -OCH3 is 1. The van der Waals surface area contributed by atoms with Gasteiger partial charge in [0.15, 0.2) is 0 Å². The number of hydrogen-bond donors (Lipinski definition) is 1. The zero-order valence-electron chi connectivity index (χ0n) is 13.6. The lowest BCUT2D eigenvalue weighted by Crippen LogP contribution is -2.57. The SMILES string of the molecule is CCCC1CNCCN1S(=O)(=O)C1CCCCC1C(=O)OC. The number of esters is 1. The van der Waals surface area contributed by atoms with E-state index in [1.165, 1.54) is 7.11 Å². The van der Waals surface area contributed by atoms with E-state index >= 15 is 0 Å². The number of ether oxygens (including phenoxy) is 1. The molecule has 0 radical (unpaired) electrons. The summed E-state index contributed by atoms with van der Waals surface area (Å²) < 4.78 is 32.8. The first-order valence-electron chi connectivity index (χ1n) is 8.31. The Morgan fingerprint density at radius 2 is 2.05 bits per heavy atom. The third-order valence-electron chi connectivity index (χ3n) is 4.83. The highest BCUT2D eigenvalue weighted by Crippen LogP contribution is 2.33. The third kappa shape index (κ3) is 3.63. The van der Waals surface area contributed by atoms with Gasteiger partial charge in [-0.15, -0.1) is 0 Å². The smallest absolute Gasteiger partial charge is 0.310 e. The second-order valence-electron chi connectivity index (χ2n) is 6.25. The molecule has 1 aliphatic heterocycles. The van der Waals surface area contributed by atoms with E-state index in [9.17, 15) is 13.2 Å². The zero-order valence-corrected chi connectivity index (χ0v) is 14.4. The van der Waals surface area contributed by atoms with Crippen LogP contribution in [0.25, 0.3) is 0 Å². The number of hydrogen-bond acceptors (Lipinski definition) is 5. The highest BCUT2D eigenvalue weighted by Gasteiger charge is 2.45. The first kappa shape index (κ1) is 17.7. The molecule has 2 fully saturated rings. The highest BCUT2D eigenvalue weighted by atomic mass is 32.2. The molecule has 0 aromatic rings. The van der Waals surface area contributed by atoms with E-state index in [2.05, 4.69) is 12.2 Å². The van der Waals surface area contributed by atoms with Crippen molar-refractivity contribution in [2.45, 2.75) is 56.7 Å². The number of sulfonamides is 1. The molecule has 0 bridgehead atoms. The van der Waals surface area contributed by atoms with Crippen LogP contribution in [0.1, 0.15) is 45.4 Å². The maximum absolute atomic E-state index is 13.1. The van der Waals surface area contributed by atoms with Gasteiger partial charge in [-0.1, -0.05) is 26.2 Å². The first-order chi connectivity index (χ1) is 10.5. The number of nitrogens with zero attached hydrogens (tertiary/aromatic N) is 1. The summed E-state index contributed by atoms with van der Waals surface area (Å²) in [5, 5.41) is 2.65. The number of rotatable bonds is 5. The number of nitrogens with one attached hydrogen (secondary N) is 1. The largest absolute Gasteiger partial charge is 0.469 e. The van der Waals surface area contributed by atoms with Crippen molar-refractivity contribution in [3.63, 3.8) is 0 Å². The molecule has 1 aliphatic carbocycles. The molecule has 1 saturated heterocycles. The first-order valence-corrected chi connectivity index (χ1v) is 9.81.